The number of thiophene rings is 2. The van der Waals surface area contributed by atoms with Gasteiger partial charge in [0.1, 0.15) is 5.82 Å². The first-order valence-corrected chi connectivity index (χ1v) is 10.5. The van der Waals surface area contributed by atoms with Crippen molar-refractivity contribution in [2.45, 2.75) is 45.7 Å². The van der Waals surface area contributed by atoms with Crippen molar-refractivity contribution in [2.75, 3.05) is 6.54 Å². The molecule has 1 aliphatic heterocycles. The van der Waals surface area contributed by atoms with Crippen LogP contribution < -0.4 is 0 Å². The average molecular weight is 370 g/mol. The third-order valence-electron chi connectivity index (χ3n) is 4.57. The highest BCUT2D eigenvalue weighted by Gasteiger charge is 2.23. The first-order valence-electron chi connectivity index (χ1n) is 8.66. The summed E-state index contributed by atoms with van der Waals surface area (Å²) in [5.74, 6) is 0.957. The molecule has 0 fully saturated rings. The molecule has 0 atom stereocenters. The summed E-state index contributed by atoms with van der Waals surface area (Å²) >= 11 is 3.61. The number of fused-ring (bicyclic) bond motifs is 1. The summed E-state index contributed by atoms with van der Waals surface area (Å²) in [5.41, 5.74) is 5.22. The van der Waals surface area contributed by atoms with Gasteiger partial charge in [-0.3, -0.25) is 4.90 Å². The minimum Gasteiger partial charge on any atom is -0.293 e. The van der Waals surface area contributed by atoms with Crippen molar-refractivity contribution in [2.24, 2.45) is 0 Å². The van der Waals surface area contributed by atoms with E-state index >= 15 is 0 Å². The van der Waals surface area contributed by atoms with Crippen molar-refractivity contribution >= 4 is 22.7 Å². The number of hydrogen-bond acceptors (Lipinski definition) is 5. The largest absolute Gasteiger partial charge is 0.293 e. The molecule has 0 bridgehead atoms. The van der Waals surface area contributed by atoms with Gasteiger partial charge >= 0.3 is 0 Å². The van der Waals surface area contributed by atoms with Crippen LogP contribution in [0.5, 0.6) is 0 Å². The van der Waals surface area contributed by atoms with Gasteiger partial charge in [0, 0.05) is 53.8 Å². The van der Waals surface area contributed by atoms with Gasteiger partial charge < -0.3 is 0 Å². The van der Waals surface area contributed by atoms with Crippen molar-refractivity contribution in [1.29, 1.82) is 0 Å². The van der Waals surface area contributed by atoms with E-state index in [2.05, 4.69) is 58.9 Å². The zero-order valence-electron chi connectivity index (χ0n) is 15.0. The number of hydrogen-bond donors (Lipinski definition) is 0. The summed E-state index contributed by atoms with van der Waals surface area (Å²) in [7, 11) is 0. The van der Waals surface area contributed by atoms with Crippen LogP contribution in [0, 0.1) is 0 Å². The minimum atomic E-state index is 0.0151. The zero-order valence-corrected chi connectivity index (χ0v) is 16.6. The third-order valence-corrected chi connectivity index (χ3v) is 6.18. The van der Waals surface area contributed by atoms with E-state index in [0.29, 0.717) is 0 Å². The lowest BCUT2D eigenvalue weighted by Gasteiger charge is -2.28. The summed E-state index contributed by atoms with van der Waals surface area (Å²) in [6.45, 7) is 9.54. The molecule has 4 rings (SSSR count). The molecular formula is C20H23N3S2. The fourth-order valence-electron chi connectivity index (χ4n) is 3.13. The van der Waals surface area contributed by atoms with Gasteiger partial charge in [-0.15, -0.1) is 11.3 Å². The van der Waals surface area contributed by atoms with Gasteiger partial charge in [-0.05, 0) is 39.4 Å². The Morgan fingerprint density at radius 1 is 1.20 bits per heavy atom. The molecule has 0 aromatic carbocycles. The van der Waals surface area contributed by atoms with Gasteiger partial charge in [0.15, 0.2) is 0 Å². The quantitative estimate of drug-likeness (QED) is 0.641. The molecule has 0 N–H and O–H groups in total. The molecule has 0 saturated carbocycles. The van der Waals surface area contributed by atoms with Crippen molar-refractivity contribution in [3.63, 3.8) is 0 Å². The molecule has 3 aromatic rings. The Balaban J connectivity index is 1.46. The second kappa shape index (κ2) is 6.63. The Hall–Kier alpha value is -1.56. The predicted molar refractivity (Wildman–Crippen MR) is 106 cm³/mol. The molecule has 0 aliphatic carbocycles. The maximum Gasteiger partial charge on any atom is 0.133 e. The molecule has 1 aliphatic rings. The molecule has 0 spiro atoms. The molecule has 0 saturated heterocycles. The maximum atomic E-state index is 4.83. The Morgan fingerprint density at radius 2 is 2.08 bits per heavy atom. The standard InChI is InChI=1S/C20H23N3S2/c1-20(2,3)19-21-9-16-10-23(6-4-18(16)22-19)11-17-8-15(13-25-17)14-5-7-24-12-14/h5,7-9,12-13H,4,6,10-11H2,1-3H3. The first kappa shape index (κ1) is 16.9. The van der Waals surface area contributed by atoms with Crippen molar-refractivity contribution in [1.82, 2.24) is 14.9 Å². The highest BCUT2D eigenvalue weighted by molar-refractivity contribution is 7.10. The molecule has 4 heterocycles. The normalized spacial score (nSPS) is 15.3. The third kappa shape index (κ3) is 3.68. The number of nitrogens with zero attached hydrogens (tertiary/aromatic N) is 3. The lowest BCUT2D eigenvalue weighted by molar-refractivity contribution is 0.244. The van der Waals surface area contributed by atoms with Gasteiger partial charge in [0.05, 0.1) is 0 Å². The van der Waals surface area contributed by atoms with Gasteiger partial charge in [0.2, 0.25) is 0 Å². The maximum absolute atomic E-state index is 4.83. The Labute approximate surface area is 157 Å². The number of rotatable bonds is 3. The lowest BCUT2D eigenvalue weighted by Crippen LogP contribution is -2.31. The van der Waals surface area contributed by atoms with Crippen LogP contribution in [0.3, 0.4) is 0 Å². The summed E-state index contributed by atoms with van der Waals surface area (Å²) in [6, 6.07) is 4.53. The molecular weight excluding hydrogens is 346 g/mol. The predicted octanol–water partition coefficient (Wildman–Crippen LogP) is 5.12. The molecule has 0 radical (unpaired) electrons. The van der Waals surface area contributed by atoms with E-state index in [9.17, 15) is 0 Å². The van der Waals surface area contributed by atoms with Crippen molar-refractivity contribution in [3.05, 3.63) is 56.4 Å². The summed E-state index contributed by atoms with van der Waals surface area (Å²) < 4.78 is 0. The molecule has 5 heteroatoms. The molecule has 0 unspecified atom stereocenters. The van der Waals surface area contributed by atoms with E-state index in [-0.39, 0.29) is 5.41 Å². The van der Waals surface area contributed by atoms with Gasteiger partial charge in [-0.2, -0.15) is 11.3 Å². The summed E-state index contributed by atoms with van der Waals surface area (Å²) in [6.07, 6.45) is 3.06. The fraction of sp³-hybridized carbons (Fsp3) is 0.400. The Kier molecular flexibility index (Phi) is 4.48. The Bertz CT molecular complexity index is 859. The number of aromatic nitrogens is 2. The smallest absolute Gasteiger partial charge is 0.133 e. The summed E-state index contributed by atoms with van der Waals surface area (Å²) in [5, 5.41) is 6.63. The second-order valence-corrected chi connectivity index (χ2v) is 9.47. The van der Waals surface area contributed by atoms with Crippen LogP contribution in [0.15, 0.2) is 34.5 Å². The highest BCUT2D eigenvalue weighted by atomic mass is 32.1. The minimum absolute atomic E-state index is 0.0151. The van der Waals surface area contributed by atoms with E-state index in [1.165, 1.54) is 27.3 Å². The molecule has 25 heavy (non-hydrogen) atoms. The van der Waals surface area contributed by atoms with Crippen LogP contribution in [0.1, 0.15) is 42.7 Å². The van der Waals surface area contributed by atoms with Crippen molar-refractivity contribution < 1.29 is 0 Å². The molecule has 3 aromatic heterocycles. The van der Waals surface area contributed by atoms with E-state index < -0.39 is 0 Å². The van der Waals surface area contributed by atoms with E-state index in [0.717, 1.165) is 31.9 Å². The van der Waals surface area contributed by atoms with E-state index in [4.69, 9.17) is 4.98 Å². The molecule has 130 valence electrons. The van der Waals surface area contributed by atoms with Crippen LogP contribution in [0.25, 0.3) is 11.1 Å². The lowest BCUT2D eigenvalue weighted by atomic mass is 9.95. The van der Waals surface area contributed by atoms with Crippen LogP contribution in [0.2, 0.25) is 0 Å². The first-order chi connectivity index (χ1) is 12.0. The summed E-state index contributed by atoms with van der Waals surface area (Å²) in [4.78, 5) is 13.4. The zero-order chi connectivity index (χ0) is 17.4. The topological polar surface area (TPSA) is 29.0 Å². The van der Waals surface area contributed by atoms with Gasteiger partial charge in [-0.25, -0.2) is 9.97 Å². The average Bonchev–Trinajstić information content (AvgIpc) is 3.24. The second-order valence-electron chi connectivity index (χ2n) is 7.69. The monoisotopic (exact) mass is 369 g/mol. The molecule has 3 nitrogen and oxygen atoms in total. The van der Waals surface area contributed by atoms with Gasteiger partial charge in [0.25, 0.3) is 0 Å². The van der Waals surface area contributed by atoms with E-state index in [1.807, 2.05) is 17.5 Å². The fourth-order valence-corrected chi connectivity index (χ4v) is 4.73. The van der Waals surface area contributed by atoms with Crippen LogP contribution in [0.4, 0.5) is 0 Å². The van der Waals surface area contributed by atoms with Gasteiger partial charge in [-0.1, -0.05) is 20.8 Å². The molecule has 0 amide bonds. The van der Waals surface area contributed by atoms with Crippen molar-refractivity contribution in [3.8, 4) is 11.1 Å². The Morgan fingerprint density at radius 3 is 2.84 bits per heavy atom. The van der Waals surface area contributed by atoms with Crippen LogP contribution in [-0.2, 0) is 24.9 Å². The van der Waals surface area contributed by atoms with Crippen LogP contribution >= 0.6 is 22.7 Å². The van der Waals surface area contributed by atoms with E-state index in [1.54, 1.807) is 11.3 Å². The highest BCUT2D eigenvalue weighted by Crippen LogP contribution is 2.29. The van der Waals surface area contributed by atoms with Crippen LogP contribution in [-0.4, -0.2) is 21.4 Å². The SMILES string of the molecule is CC(C)(C)c1ncc2c(n1)CCN(Cc1cc(-c3ccsc3)cs1)C2.